The van der Waals surface area contributed by atoms with Gasteiger partial charge in [0.15, 0.2) is 11.6 Å². The van der Waals surface area contributed by atoms with Gasteiger partial charge in [-0.15, -0.1) is 12.4 Å². The van der Waals surface area contributed by atoms with Crippen molar-refractivity contribution in [3.05, 3.63) is 11.6 Å². The molecule has 1 rings (SSSR count). The number of H-pyrrole nitrogens is 1. The normalized spacial score (nSPS) is 9.50. The fraction of sp³-hybridized carbons (Fsp3) is 0.667. The van der Waals surface area contributed by atoms with Crippen molar-refractivity contribution in [2.75, 3.05) is 6.61 Å². The van der Waals surface area contributed by atoms with E-state index in [0.29, 0.717) is 25.6 Å². The number of nitrogens with one attached hydrogen (secondary N) is 1. The average molecular weight is 193 g/mol. The zero-order valence-electron chi connectivity index (χ0n) is 6.91. The number of rotatable bonds is 4. The van der Waals surface area contributed by atoms with Gasteiger partial charge in [0.1, 0.15) is 6.61 Å². The lowest BCUT2D eigenvalue weighted by atomic mass is 10.6. The smallest absolute Gasteiger partial charge is 0.164 e. The second-order valence-electron chi connectivity index (χ2n) is 2.04. The minimum atomic E-state index is 0. The van der Waals surface area contributed by atoms with Crippen LogP contribution in [0.5, 0.6) is 0 Å². The molecule has 0 radical (unpaired) electrons. The predicted octanol–water partition coefficient (Wildman–Crippen LogP) is 0.222. The first kappa shape index (κ1) is 11.4. The Labute approximate surface area is 77.1 Å². The largest absolute Gasteiger partial charge is 0.374 e. The summed E-state index contributed by atoms with van der Waals surface area (Å²) >= 11 is 0. The van der Waals surface area contributed by atoms with Gasteiger partial charge < -0.3 is 10.5 Å². The number of nitrogens with two attached hydrogens (primary N) is 1. The molecule has 6 heteroatoms. The first-order valence-electron chi connectivity index (χ1n) is 3.54. The number of aromatic amines is 1. The van der Waals surface area contributed by atoms with Crippen molar-refractivity contribution in [2.24, 2.45) is 5.73 Å². The lowest BCUT2D eigenvalue weighted by molar-refractivity contribution is 0.128. The standard InChI is InChI=1S/C6H12N4O.ClH/c1-2-11-4-6-8-5(3-7)9-10-6;/h2-4,7H2,1H3,(H,8,9,10);1H. The highest BCUT2D eigenvalue weighted by molar-refractivity contribution is 5.85. The summed E-state index contributed by atoms with van der Waals surface area (Å²) in [6.07, 6.45) is 0. The fourth-order valence-electron chi connectivity index (χ4n) is 0.689. The Kier molecular flexibility index (Phi) is 5.61. The Morgan fingerprint density at radius 1 is 1.58 bits per heavy atom. The van der Waals surface area contributed by atoms with E-state index in [9.17, 15) is 0 Å². The topological polar surface area (TPSA) is 76.8 Å². The van der Waals surface area contributed by atoms with E-state index in [1.165, 1.54) is 0 Å². The molecule has 3 N–H and O–H groups in total. The third-order valence-corrected chi connectivity index (χ3v) is 1.20. The molecule has 0 amide bonds. The van der Waals surface area contributed by atoms with Crippen molar-refractivity contribution in [2.45, 2.75) is 20.1 Å². The summed E-state index contributed by atoms with van der Waals surface area (Å²) in [6.45, 7) is 3.45. The molecular formula is C6H13ClN4O. The molecule has 0 bridgehead atoms. The molecule has 1 aromatic rings. The van der Waals surface area contributed by atoms with Crippen molar-refractivity contribution < 1.29 is 4.74 Å². The minimum Gasteiger partial charge on any atom is -0.374 e. The van der Waals surface area contributed by atoms with Crippen LogP contribution < -0.4 is 5.73 Å². The van der Waals surface area contributed by atoms with Crippen LogP contribution in [0.4, 0.5) is 0 Å². The van der Waals surface area contributed by atoms with Gasteiger partial charge in [-0.3, -0.25) is 5.10 Å². The zero-order valence-corrected chi connectivity index (χ0v) is 7.73. The lowest BCUT2D eigenvalue weighted by Gasteiger charge is -1.93. The van der Waals surface area contributed by atoms with Crippen LogP contribution in [0.1, 0.15) is 18.6 Å². The van der Waals surface area contributed by atoms with Crippen molar-refractivity contribution in [1.82, 2.24) is 15.2 Å². The summed E-state index contributed by atoms with van der Waals surface area (Å²) in [5.41, 5.74) is 5.31. The van der Waals surface area contributed by atoms with Gasteiger partial charge in [0.25, 0.3) is 0 Å². The van der Waals surface area contributed by atoms with E-state index in [4.69, 9.17) is 10.5 Å². The quantitative estimate of drug-likeness (QED) is 0.716. The SMILES string of the molecule is CCOCc1nc(CN)n[nH]1.Cl. The Hall–Kier alpha value is -0.650. The molecule has 0 spiro atoms. The van der Waals surface area contributed by atoms with Gasteiger partial charge in [-0.2, -0.15) is 5.10 Å². The molecule has 0 aliphatic rings. The van der Waals surface area contributed by atoms with Crippen LogP contribution >= 0.6 is 12.4 Å². The van der Waals surface area contributed by atoms with Gasteiger partial charge >= 0.3 is 0 Å². The Morgan fingerprint density at radius 2 is 2.33 bits per heavy atom. The maximum atomic E-state index is 5.31. The van der Waals surface area contributed by atoms with E-state index >= 15 is 0 Å². The number of hydrogen-bond donors (Lipinski definition) is 2. The Morgan fingerprint density at radius 3 is 2.83 bits per heavy atom. The Balaban J connectivity index is 0.00000121. The minimum absolute atomic E-state index is 0. The van der Waals surface area contributed by atoms with Gasteiger partial charge in [0, 0.05) is 6.61 Å². The van der Waals surface area contributed by atoms with Crippen LogP contribution in [-0.2, 0) is 17.9 Å². The van der Waals surface area contributed by atoms with Crippen LogP contribution in [0.2, 0.25) is 0 Å². The first-order valence-corrected chi connectivity index (χ1v) is 3.54. The van der Waals surface area contributed by atoms with Crippen LogP contribution in [0, 0.1) is 0 Å². The molecule has 0 fully saturated rings. The third-order valence-electron chi connectivity index (χ3n) is 1.20. The summed E-state index contributed by atoms with van der Waals surface area (Å²) in [6, 6.07) is 0. The molecule has 12 heavy (non-hydrogen) atoms. The Bertz CT molecular complexity index is 215. The molecule has 70 valence electrons. The highest BCUT2D eigenvalue weighted by atomic mass is 35.5. The van der Waals surface area contributed by atoms with Gasteiger partial charge in [0.2, 0.25) is 0 Å². The van der Waals surface area contributed by atoms with Gasteiger partial charge in [0.05, 0.1) is 6.54 Å². The van der Waals surface area contributed by atoms with Gasteiger partial charge in [-0.25, -0.2) is 4.98 Å². The summed E-state index contributed by atoms with van der Waals surface area (Å²) in [5.74, 6) is 1.35. The van der Waals surface area contributed by atoms with Crippen molar-refractivity contribution in [1.29, 1.82) is 0 Å². The number of aromatic nitrogens is 3. The predicted molar refractivity (Wildman–Crippen MR) is 46.9 cm³/mol. The maximum absolute atomic E-state index is 5.31. The van der Waals surface area contributed by atoms with E-state index < -0.39 is 0 Å². The van der Waals surface area contributed by atoms with E-state index in [1.54, 1.807) is 0 Å². The van der Waals surface area contributed by atoms with Crippen molar-refractivity contribution in [3.8, 4) is 0 Å². The molecule has 1 aromatic heterocycles. The van der Waals surface area contributed by atoms with Crippen molar-refractivity contribution >= 4 is 12.4 Å². The van der Waals surface area contributed by atoms with E-state index in [-0.39, 0.29) is 12.4 Å². The highest BCUT2D eigenvalue weighted by Crippen LogP contribution is 1.93. The molecule has 0 atom stereocenters. The molecule has 0 unspecified atom stereocenters. The maximum Gasteiger partial charge on any atom is 0.164 e. The molecule has 0 saturated carbocycles. The summed E-state index contributed by atoms with van der Waals surface area (Å²) in [7, 11) is 0. The van der Waals surface area contributed by atoms with E-state index in [2.05, 4.69) is 15.2 Å². The van der Waals surface area contributed by atoms with Crippen LogP contribution in [0.3, 0.4) is 0 Å². The molecular weight excluding hydrogens is 180 g/mol. The van der Waals surface area contributed by atoms with Crippen LogP contribution in [0.25, 0.3) is 0 Å². The third kappa shape index (κ3) is 3.17. The summed E-state index contributed by atoms with van der Waals surface area (Å²) in [5, 5.41) is 6.57. The van der Waals surface area contributed by atoms with E-state index in [1.807, 2.05) is 6.92 Å². The molecule has 0 aromatic carbocycles. The summed E-state index contributed by atoms with van der Waals surface area (Å²) in [4.78, 5) is 4.05. The average Bonchev–Trinajstić information content (AvgIpc) is 2.48. The first-order chi connectivity index (χ1) is 5.36. The monoisotopic (exact) mass is 192 g/mol. The number of halogens is 1. The second-order valence-corrected chi connectivity index (χ2v) is 2.04. The lowest BCUT2D eigenvalue weighted by Crippen LogP contribution is -1.98. The van der Waals surface area contributed by atoms with Crippen LogP contribution in [0.15, 0.2) is 0 Å². The van der Waals surface area contributed by atoms with Crippen molar-refractivity contribution in [3.63, 3.8) is 0 Å². The second kappa shape index (κ2) is 5.93. The number of hydrogen-bond acceptors (Lipinski definition) is 4. The zero-order chi connectivity index (χ0) is 8.10. The number of ether oxygens (including phenoxy) is 1. The van der Waals surface area contributed by atoms with E-state index in [0.717, 1.165) is 5.82 Å². The van der Waals surface area contributed by atoms with Gasteiger partial charge in [-0.1, -0.05) is 0 Å². The fourth-order valence-corrected chi connectivity index (χ4v) is 0.689. The van der Waals surface area contributed by atoms with Gasteiger partial charge in [-0.05, 0) is 6.92 Å². The van der Waals surface area contributed by atoms with Crippen LogP contribution in [-0.4, -0.2) is 21.8 Å². The molecule has 1 heterocycles. The number of nitrogens with zero attached hydrogens (tertiary/aromatic N) is 2. The molecule has 0 aliphatic carbocycles. The molecule has 0 aliphatic heterocycles. The molecule has 5 nitrogen and oxygen atoms in total. The summed E-state index contributed by atoms with van der Waals surface area (Å²) < 4.78 is 5.10. The highest BCUT2D eigenvalue weighted by Gasteiger charge is 1.99. The molecule has 0 saturated heterocycles.